The topological polar surface area (TPSA) is 83.4 Å². The minimum Gasteiger partial charge on any atom is -0.378 e. The van der Waals surface area contributed by atoms with Crippen molar-refractivity contribution in [1.82, 2.24) is 20.3 Å². The molecule has 3 aromatic carbocycles. The quantitative estimate of drug-likeness (QED) is 0.406. The van der Waals surface area contributed by atoms with E-state index in [0.717, 1.165) is 16.8 Å². The summed E-state index contributed by atoms with van der Waals surface area (Å²) in [6.07, 6.45) is 0. The van der Waals surface area contributed by atoms with Crippen molar-refractivity contribution in [3.63, 3.8) is 0 Å². The SMILES string of the molecule is Cc1cccc(N(C(=O)Cn2nnc3ccccc32)C(C(=O)NC(C)(C)C)c2ccc(N(C)C)cc2)c1. The molecular weight excluding hydrogens is 464 g/mol. The molecule has 37 heavy (non-hydrogen) atoms. The van der Waals surface area contributed by atoms with Crippen LogP contribution in [0.5, 0.6) is 0 Å². The number of fused-ring (bicyclic) bond motifs is 1. The number of hydrogen-bond acceptors (Lipinski definition) is 5. The molecule has 192 valence electrons. The van der Waals surface area contributed by atoms with Crippen LogP contribution in [0.4, 0.5) is 11.4 Å². The number of aryl methyl sites for hydroxylation is 1. The number of rotatable bonds is 7. The van der Waals surface area contributed by atoms with Gasteiger partial charge in [0.2, 0.25) is 11.8 Å². The normalized spacial score (nSPS) is 12.3. The third kappa shape index (κ3) is 5.97. The minimum atomic E-state index is -0.889. The zero-order valence-corrected chi connectivity index (χ0v) is 22.3. The Balaban J connectivity index is 1.82. The molecule has 0 aliphatic heterocycles. The van der Waals surface area contributed by atoms with Crippen molar-refractivity contribution in [2.75, 3.05) is 23.9 Å². The fourth-order valence-electron chi connectivity index (χ4n) is 4.26. The lowest BCUT2D eigenvalue weighted by atomic mass is 10.00. The number of anilines is 2. The van der Waals surface area contributed by atoms with E-state index in [-0.39, 0.29) is 18.4 Å². The van der Waals surface area contributed by atoms with Crippen LogP contribution in [0.25, 0.3) is 11.0 Å². The fraction of sp³-hybridized carbons (Fsp3) is 0.310. The number of para-hydroxylation sites is 1. The van der Waals surface area contributed by atoms with Gasteiger partial charge in [-0.1, -0.05) is 41.6 Å². The van der Waals surface area contributed by atoms with Gasteiger partial charge >= 0.3 is 0 Å². The lowest BCUT2D eigenvalue weighted by Gasteiger charge is -2.34. The summed E-state index contributed by atoms with van der Waals surface area (Å²) in [6.45, 7) is 7.68. The molecule has 0 radical (unpaired) electrons. The van der Waals surface area contributed by atoms with Crippen LogP contribution in [0.1, 0.15) is 37.9 Å². The van der Waals surface area contributed by atoms with Crippen LogP contribution in [0.3, 0.4) is 0 Å². The van der Waals surface area contributed by atoms with Gasteiger partial charge in [-0.25, -0.2) is 4.68 Å². The van der Waals surface area contributed by atoms with Gasteiger partial charge in [-0.15, -0.1) is 5.10 Å². The standard InChI is InChI=1S/C29H34N6O2/c1-20-10-9-11-23(18-20)35(26(36)19-34-25-13-8-7-12-24(25)31-32-34)27(28(37)30-29(2,3)4)21-14-16-22(17-15-21)33(5)6/h7-18,27H,19H2,1-6H3,(H,30,37). The molecule has 0 spiro atoms. The molecule has 0 fully saturated rings. The highest BCUT2D eigenvalue weighted by Crippen LogP contribution is 2.31. The number of hydrogen-bond donors (Lipinski definition) is 1. The first kappa shape index (κ1) is 25.9. The first-order chi connectivity index (χ1) is 17.5. The summed E-state index contributed by atoms with van der Waals surface area (Å²) in [7, 11) is 3.92. The molecule has 0 aliphatic rings. The minimum absolute atomic E-state index is 0.0659. The monoisotopic (exact) mass is 498 g/mol. The maximum absolute atomic E-state index is 14.1. The molecule has 1 heterocycles. The molecule has 0 saturated carbocycles. The van der Waals surface area contributed by atoms with Crippen molar-refractivity contribution in [1.29, 1.82) is 0 Å². The summed E-state index contributed by atoms with van der Waals surface area (Å²) in [5, 5.41) is 11.5. The Morgan fingerprint density at radius 1 is 0.946 bits per heavy atom. The molecule has 1 aromatic heterocycles. The molecule has 1 N–H and O–H groups in total. The number of carbonyl (C=O) groups excluding carboxylic acids is 2. The summed E-state index contributed by atoms with van der Waals surface area (Å²) < 4.78 is 1.58. The predicted octanol–water partition coefficient (Wildman–Crippen LogP) is 4.49. The second-order valence-corrected chi connectivity index (χ2v) is 10.5. The van der Waals surface area contributed by atoms with Crippen molar-refractivity contribution < 1.29 is 9.59 Å². The lowest BCUT2D eigenvalue weighted by molar-refractivity contribution is -0.128. The molecular formula is C29H34N6O2. The van der Waals surface area contributed by atoms with E-state index in [4.69, 9.17) is 0 Å². The van der Waals surface area contributed by atoms with E-state index in [1.54, 1.807) is 9.58 Å². The van der Waals surface area contributed by atoms with Gasteiger partial charge in [-0.05, 0) is 75.2 Å². The number of nitrogens with zero attached hydrogens (tertiary/aromatic N) is 5. The number of benzene rings is 3. The van der Waals surface area contributed by atoms with Crippen molar-refractivity contribution in [2.45, 2.75) is 45.8 Å². The van der Waals surface area contributed by atoms with E-state index >= 15 is 0 Å². The summed E-state index contributed by atoms with van der Waals surface area (Å²) >= 11 is 0. The molecule has 0 aliphatic carbocycles. The summed E-state index contributed by atoms with van der Waals surface area (Å²) in [4.78, 5) is 31.5. The largest absolute Gasteiger partial charge is 0.378 e. The molecule has 0 saturated heterocycles. The number of aromatic nitrogens is 3. The highest BCUT2D eigenvalue weighted by atomic mass is 16.2. The summed E-state index contributed by atoms with van der Waals surface area (Å²) in [6, 6.07) is 22.0. The maximum atomic E-state index is 14.1. The van der Waals surface area contributed by atoms with Gasteiger partial charge in [-0.3, -0.25) is 14.5 Å². The van der Waals surface area contributed by atoms with Gasteiger partial charge in [-0.2, -0.15) is 0 Å². The van der Waals surface area contributed by atoms with Gasteiger partial charge in [0.15, 0.2) is 0 Å². The van der Waals surface area contributed by atoms with E-state index in [1.165, 1.54) is 0 Å². The Labute approximate surface area is 217 Å². The summed E-state index contributed by atoms with van der Waals surface area (Å²) in [5.41, 5.74) is 4.32. The molecule has 4 aromatic rings. The highest BCUT2D eigenvalue weighted by molar-refractivity contribution is 6.01. The average molecular weight is 499 g/mol. The van der Waals surface area contributed by atoms with E-state index < -0.39 is 11.6 Å². The lowest BCUT2D eigenvalue weighted by Crippen LogP contribution is -2.50. The van der Waals surface area contributed by atoms with Crippen LogP contribution in [-0.2, 0) is 16.1 Å². The third-order valence-electron chi connectivity index (χ3n) is 5.98. The molecule has 1 unspecified atom stereocenters. The molecule has 2 amide bonds. The second-order valence-electron chi connectivity index (χ2n) is 10.5. The molecule has 1 atom stereocenters. The third-order valence-corrected chi connectivity index (χ3v) is 5.98. The van der Waals surface area contributed by atoms with E-state index in [2.05, 4.69) is 15.6 Å². The Morgan fingerprint density at radius 3 is 2.30 bits per heavy atom. The van der Waals surface area contributed by atoms with Crippen LogP contribution in [0.15, 0.2) is 72.8 Å². The van der Waals surface area contributed by atoms with Crippen LogP contribution < -0.4 is 15.1 Å². The fourth-order valence-corrected chi connectivity index (χ4v) is 4.26. The Bertz CT molecular complexity index is 1400. The van der Waals surface area contributed by atoms with Gasteiger partial charge in [0, 0.05) is 31.0 Å². The average Bonchev–Trinajstić information content (AvgIpc) is 3.24. The van der Waals surface area contributed by atoms with Crippen molar-refractivity contribution >= 4 is 34.2 Å². The van der Waals surface area contributed by atoms with Gasteiger partial charge in [0.1, 0.15) is 18.1 Å². The van der Waals surface area contributed by atoms with Crippen LogP contribution >= 0.6 is 0 Å². The molecule has 8 nitrogen and oxygen atoms in total. The van der Waals surface area contributed by atoms with Crippen LogP contribution in [-0.4, -0.2) is 46.4 Å². The van der Waals surface area contributed by atoms with Crippen molar-refractivity contribution in [3.8, 4) is 0 Å². The van der Waals surface area contributed by atoms with Crippen molar-refractivity contribution in [2.24, 2.45) is 0 Å². The summed E-state index contributed by atoms with van der Waals surface area (Å²) in [5.74, 6) is -0.532. The zero-order valence-electron chi connectivity index (χ0n) is 22.3. The van der Waals surface area contributed by atoms with E-state index in [0.29, 0.717) is 16.8 Å². The molecule has 8 heteroatoms. The van der Waals surface area contributed by atoms with Gasteiger partial charge in [0.25, 0.3) is 0 Å². The zero-order chi connectivity index (χ0) is 26.7. The Morgan fingerprint density at radius 2 is 1.65 bits per heavy atom. The Kier molecular flexibility index (Phi) is 7.29. The smallest absolute Gasteiger partial charge is 0.249 e. The van der Waals surface area contributed by atoms with Crippen LogP contribution in [0.2, 0.25) is 0 Å². The first-order valence-corrected chi connectivity index (χ1v) is 12.3. The van der Waals surface area contributed by atoms with E-state index in [1.807, 2.05) is 119 Å². The first-order valence-electron chi connectivity index (χ1n) is 12.3. The highest BCUT2D eigenvalue weighted by Gasteiger charge is 2.35. The van der Waals surface area contributed by atoms with Gasteiger partial charge < -0.3 is 10.2 Å². The number of nitrogens with one attached hydrogen (secondary N) is 1. The second kappa shape index (κ2) is 10.4. The van der Waals surface area contributed by atoms with E-state index in [9.17, 15) is 9.59 Å². The van der Waals surface area contributed by atoms with Crippen LogP contribution in [0, 0.1) is 6.92 Å². The molecule has 4 rings (SSSR count). The maximum Gasteiger partial charge on any atom is 0.249 e. The molecule has 0 bridgehead atoms. The Hall–Kier alpha value is -4.20. The number of amides is 2. The predicted molar refractivity (Wildman–Crippen MR) is 148 cm³/mol. The van der Waals surface area contributed by atoms with Gasteiger partial charge in [0.05, 0.1) is 5.52 Å². The van der Waals surface area contributed by atoms with Crippen molar-refractivity contribution in [3.05, 3.63) is 83.9 Å². The number of carbonyl (C=O) groups is 2.